The fourth-order valence-corrected chi connectivity index (χ4v) is 10.9. The minimum atomic E-state index is -0.125. The SMILES string of the molecule is CC1(C)c2ccccc2-c2cc(N(c3ccc4c(-c5ccccc5)cc(-n5c6ccccc6c6ccccc65)cc4c3)c3cccc4c3-c3ccccc3C4(C)C)ccc21. The first-order valence-corrected chi connectivity index (χ1v) is 21.2. The highest BCUT2D eigenvalue weighted by Gasteiger charge is 2.39. The third-order valence-electron chi connectivity index (χ3n) is 13.8. The zero-order chi connectivity index (χ0) is 40.3. The van der Waals surface area contributed by atoms with Crippen LogP contribution >= 0.6 is 0 Å². The average molecular weight is 769 g/mol. The highest BCUT2D eigenvalue weighted by atomic mass is 15.1. The molecule has 0 saturated carbocycles. The van der Waals surface area contributed by atoms with Gasteiger partial charge in [0.25, 0.3) is 0 Å². The van der Waals surface area contributed by atoms with Crippen molar-refractivity contribution in [3.8, 4) is 39.1 Å². The van der Waals surface area contributed by atoms with E-state index in [2.05, 4.69) is 231 Å². The second kappa shape index (κ2) is 12.7. The average Bonchev–Trinajstić information content (AvgIpc) is 3.83. The molecule has 9 aromatic carbocycles. The molecule has 10 aromatic rings. The van der Waals surface area contributed by atoms with E-state index in [0.29, 0.717) is 0 Å². The quantitative estimate of drug-likeness (QED) is 0.169. The summed E-state index contributed by atoms with van der Waals surface area (Å²) in [5.74, 6) is 0. The summed E-state index contributed by atoms with van der Waals surface area (Å²) in [7, 11) is 0. The van der Waals surface area contributed by atoms with Crippen LogP contribution in [0.2, 0.25) is 0 Å². The van der Waals surface area contributed by atoms with Crippen LogP contribution in [-0.4, -0.2) is 4.57 Å². The fraction of sp³-hybridized carbons (Fsp3) is 0.103. The normalized spacial score (nSPS) is 14.3. The Balaban J connectivity index is 1.15. The van der Waals surface area contributed by atoms with Crippen LogP contribution in [0.25, 0.3) is 71.6 Å². The van der Waals surface area contributed by atoms with E-state index in [9.17, 15) is 0 Å². The predicted molar refractivity (Wildman–Crippen MR) is 254 cm³/mol. The fourth-order valence-electron chi connectivity index (χ4n) is 10.9. The van der Waals surface area contributed by atoms with Gasteiger partial charge < -0.3 is 9.47 Å². The Morgan fingerprint density at radius 2 is 0.950 bits per heavy atom. The molecule has 0 aliphatic heterocycles. The van der Waals surface area contributed by atoms with E-state index in [1.807, 2.05) is 0 Å². The first-order valence-electron chi connectivity index (χ1n) is 21.2. The minimum absolute atomic E-state index is 0.0771. The summed E-state index contributed by atoms with van der Waals surface area (Å²) < 4.78 is 2.45. The molecule has 0 fully saturated rings. The van der Waals surface area contributed by atoms with Crippen molar-refractivity contribution in [2.75, 3.05) is 4.90 Å². The van der Waals surface area contributed by atoms with Gasteiger partial charge in [0.05, 0.1) is 16.7 Å². The summed E-state index contributed by atoms with van der Waals surface area (Å²) in [6.07, 6.45) is 0. The molecular formula is C58H44N2. The Morgan fingerprint density at radius 3 is 1.70 bits per heavy atom. The molecule has 0 N–H and O–H groups in total. The molecule has 286 valence electrons. The molecule has 2 nitrogen and oxygen atoms in total. The van der Waals surface area contributed by atoms with Crippen LogP contribution in [0.5, 0.6) is 0 Å². The largest absolute Gasteiger partial charge is 0.310 e. The summed E-state index contributed by atoms with van der Waals surface area (Å²) in [6, 6.07) is 72.4. The van der Waals surface area contributed by atoms with Crippen LogP contribution in [0.1, 0.15) is 49.9 Å². The van der Waals surface area contributed by atoms with Crippen molar-refractivity contribution in [1.29, 1.82) is 0 Å². The third kappa shape index (κ3) is 4.88. The Hall–Kier alpha value is -7.16. The van der Waals surface area contributed by atoms with Gasteiger partial charge in [-0.15, -0.1) is 0 Å². The maximum atomic E-state index is 2.53. The molecular weight excluding hydrogens is 725 g/mol. The van der Waals surface area contributed by atoms with Gasteiger partial charge >= 0.3 is 0 Å². The zero-order valence-electron chi connectivity index (χ0n) is 34.4. The molecule has 0 atom stereocenters. The first-order chi connectivity index (χ1) is 29.3. The van der Waals surface area contributed by atoms with Crippen LogP contribution < -0.4 is 4.90 Å². The van der Waals surface area contributed by atoms with E-state index < -0.39 is 0 Å². The van der Waals surface area contributed by atoms with Crippen molar-refractivity contribution >= 4 is 49.6 Å². The van der Waals surface area contributed by atoms with Crippen LogP contribution in [0.4, 0.5) is 17.1 Å². The molecule has 0 spiro atoms. The summed E-state index contributed by atoms with van der Waals surface area (Å²) >= 11 is 0. The number of hydrogen-bond donors (Lipinski definition) is 0. The van der Waals surface area contributed by atoms with Crippen molar-refractivity contribution in [1.82, 2.24) is 4.57 Å². The summed E-state index contributed by atoms with van der Waals surface area (Å²) in [5, 5.41) is 4.94. The van der Waals surface area contributed by atoms with Gasteiger partial charge in [0.2, 0.25) is 0 Å². The Kier molecular flexibility index (Phi) is 7.36. The lowest BCUT2D eigenvalue weighted by Gasteiger charge is -2.30. The van der Waals surface area contributed by atoms with Gasteiger partial charge in [0, 0.05) is 44.2 Å². The van der Waals surface area contributed by atoms with E-state index in [1.54, 1.807) is 0 Å². The van der Waals surface area contributed by atoms with Gasteiger partial charge in [-0.25, -0.2) is 0 Å². The molecule has 2 heteroatoms. The summed E-state index contributed by atoms with van der Waals surface area (Å²) in [4.78, 5) is 2.53. The Labute approximate surface area is 351 Å². The summed E-state index contributed by atoms with van der Waals surface area (Å²) in [6.45, 7) is 9.47. The molecule has 60 heavy (non-hydrogen) atoms. The van der Waals surface area contributed by atoms with E-state index in [-0.39, 0.29) is 10.8 Å². The third-order valence-corrected chi connectivity index (χ3v) is 13.8. The number of para-hydroxylation sites is 2. The monoisotopic (exact) mass is 768 g/mol. The van der Waals surface area contributed by atoms with Crippen LogP contribution in [0, 0.1) is 0 Å². The number of benzene rings is 9. The highest BCUT2D eigenvalue weighted by Crippen LogP contribution is 2.56. The predicted octanol–water partition coefficient (Wildman–Crippen LogP) is 15.7. The maximum Gasteiger partial charge on any atom is 0.0543 e. The van der Waals surface area contributed by atoms with Gasteiger partial charge in [-0.3, -0.25) is 0 Å². The van der Waals surface area contributed by atoms with Gasteiger partial charge in [0.1, 0.15) is 0 Å². The van der Waals surface area contributed by atoms with Crippen molar-refractivity contribution in [2.24, 2.45) is 0 Å². The molecule has 2 aliphatic rings. The van der Waals surface area contributed by atoms with E-state index in [0.717, 1.165) is 17.1 Å². The van der Waals surface area contributed by atoms with Gasteiger partial charge in [0.15, 0.2) is 0 Å². The zero-order valence-corrected chi connectivity index (χ0v) is 34.4. The molecule has 0 amide bonds. The van der Waals surface area contributed by atoms with E-state index in [1.165, 1.54) is 93.9 Å². The lowest BCUT2D eigenvalue weighted by Crippen LogP contribution is -2.16. The summed E-state index contributed by atoms with van der Waals surface area (Å²) in [5.41, 5.74) is 20.0. The first kappa shape index (κ1) is 34.8. The van der Waals surface area contributed by atoms with Crippen molar-refractivity contribution < 1.29 is 0 Å². The lowest BCUT2D eigenvalue weighted by atomic mass is 9.82. The number of hydrogen-bond acceptors (Lipinski definition) is 1. The number of aromatic nitrogens is 1. The van der Waals surface area contributed by atoms with Crippen LogP contribution in [0.3, 0.4) is 0 Å². The van der Waals surface area contributed by atoms with Crippen molar-refractivity contribution in [3.05, 3.63) is 216 Å². The molecule has 12 rings (SSSR count). The number of nitrogens with zero attached hydrogens (tertiary/aromatic N) is 2. The molecule has 1 heterocycles. The van der Waals surface area contributed by atoms with Gasteiger partial charge in [-0.1, -0.05) is 167 Å². The molecule has 0 radical (unpaired) electrons. The molecule has 1 aromatic heterocycles. The Bertz CT molecular complexity index is 3330. The Morgan fingerprint density at radius 1 is 0.383 bits per heavy atom. The van der Waals surface area contributed by atoms with E-state index in [4.69, 9.17) is 0 Å². The number of anilines is 3. The number of fused-ring (bicyclic) bond motifs is 10. The maximum absolute atomic E-state index is 2.53. The minimum Gasteiger partial charge on any atom is -0.310 e. The second-order valence-corrected chi connectivity index (χ2v) is 17.7. The van der Waals surface area contributed by atoms with Crippen LogP contribution in [0.15, 0.2) is 194 Å². The van der Waals surface area contributed by atoms with Gasteiger partial charge in [-0.2, -0.15) is 0 Å². The topological polar surface area (TPSA) is 8.17 Å². The van der Waals surface area contributed by atoms with Crippen molar-refractivity contribution in [2.45, 2.75) is 38.5 Å². The molecule has 2 aliphatic carbocycles. The smallest absolute Gasteiger partial charge is 0.0543 e. The highest BCUT2D eigenvalue weighted by molar-refractivity contribution is 6.10. The van der Waals surface area contributed by atoms with Crippen molar-refractivity contribution in [3.63, 3.8) is 0 Å². The second-order valence-electron chi connectivity index (χ2n) is 17.7. The molecule has 0 saturated heterocycles. The molecule has 0 bridgehead atoms. The van der Waals surface area contributed by atoms with Crippen LogP contribution in [-0.2, 0) is 10.8 Å². The molecule has 0 unspecified atom stereocenters. The number of rotatable bonds is 5. The lowest BCUT2D eigenvalue weighted by molar-refractivity contribution is 0.660. The van der Waals surface area contributed by atoms with E-state index >= 15 is 0 Å². The standard InChI is InChI=1S/C58H44N2/c1-57(2)49-23-12-8-19-43(49)48-35-40(30-32-51(48)57)59(55-28-16-25-52-56(55)46-22-9-13-24-50(46)58(52,3)4)39-29-31-42-38(33-39)34-41(36-47(42)37-17-6-5-7-18-37)60-53-26-14-10-20-44(53)45-21-11-15-27-54(45)60/h5-36H,1-4H3. The van der Waals surface area contributed by atoms with Gasteiger partial charge in [-0.05, 0) is 115 Å².